The number of benzene rings is 1. The number of halogens is 1. The van der Waals surface area contributed by atoms with Crippen molar-refractivity contribution in [2.24, 2.45) is 0 Å². The normalized spacial score (nSPS) is 11.3. The molecule has 0 aliphatic heterocycles. The standard InChI is InChI=1S/C12H16ClNO2/c1-12(2,16)11(15)14(3)8-9-4-6-10(13)7-5-9/h4-7,16H,8H2,1-3H3. The molecule has 1 aromatic rings. The van der Waals surface area contributed by atoms with Gasteiger partial charge in [0.15, 0.2) is 0 Å². The van der Waals surface area contributed by atoms with Gasteiger partial charge in [-0.05, 0) is 31.5 Å². The molecule has 0 aliphatic rings. The van der Waals surface area contributed by atoms with Crippen LogP contribution in [0.5, 0.6) is 0 Å². The summed E-state index contributed by atoms with van der Waals surface area (Å²) >= 11 is 5.76. The molecule has 0 bridgehead atoms. The van der Waals surface area contributed by atoms with E-state index in [4.69, 9.17) is 11.6 Å². The molecule has 0 saturated heterocycles. The molecular weight excluding hydrogens is 226 g/mol. The molecule has 0 saturated carbocycles. The highest BCUT2D eigenvalue weighted by Gasteiger charge is 2.27. The molecule has 0 fully saturated rings. The predicted octanol–water partition coefficient (Wildman–Crippen LogP) is 2.07. The summed E-state index contributed by atoms with van der Waals surface area (Å²) in [6.45, 7) is 3.42. The van der Waals surface area contributed by atoms with E-state index in [0.717, 1.165) is 5.56 Å². The van der Waals surface area contributed by atoms with Crippen LogP contribution in [0, 0.1) is 0 Å². The van der Waals surface area contributed by atoms with E-state index in [9.17, 15) is 9.90 Å². The molecule has 0 atom stereocenters. The van der Waals surface area contributed by atoms with E-state index in [1.807, 2.05) is 12.1 Å². The van der Waals surface area contributed by atoms with Gasteiger partial charge in [0.05, 0.1) is 0 Å². The average Bonchev–Trinajstić information content (AvgIpc) is 2.19. The van der Waals surface area contributed by atoms with Crippen LogP contribution in [0.2, 0.25) is 5.02 Å². The number of aliphatic hydroxyl groups is 1. The molecule has 0 radical (unpaired) electrons. The largest absolute Gasteiger partial charge is 0.381 e. The first-order chi connectivity index (χ1) is 7.30. The quantitative estimate of drug-likeness (QED) is 0.880. The maximum absolute atomic E-state index is 11.7. The van der Waals surface area contributed by atoms with Crippen LogP contribution in [0.3, 0.4) is 0 Å². The van der Waals surface area contributed by atoms with Gasteiger partial charge in [0.25, 0.3) is 5.91 Å². The Kier molecular flexibility index (Phi) is 3.94. The van der Waals surface area contributed by atoms with Gasteiger partial charge in [0.2, 0.25) is 0 Å². The number of hydrogen-bond donors (Lipinski definition) is 1. The summed E-state index contributed by atoms with van der Waals surface area (Å²) in [6, 6.07) is 7.27. The van der Waals surface area contributed by atoms with Crippen molar-refractivity contribution in [2.75, 3.05) is 7.05 Å². The average molecular weight is 242 g/mol. The van der Waals surface area contributed by atoms with Crippen molar-refractivity contribution in [2.45, 2.75) is 26.0 Å². The van der Waals surface area contributed by atoms with Crippen LogP contribution in [0.15, 0.2) is 24.3 Å². The Morgan fingerprint density at radius 3 is 2.31 bits per heavy atom. The molecule has 0 heterocycles. The molecule has 1 rings (SSSR count). The first-order valence-electron chi connectivity index (χ1n) is 5.03. The maximum Gasteiger partial charge on any atom is 0.253 e. The SMILES string of the molecule is CN(Cc1ccc(Cl)cc1)C(=O)C(C)(C)O. The van der Waals surface area contributed by atoms with Gasteiger partial charge in [-0.2, -0.15) is 0 Å². The zero-order chi connectivity index (χ0) is 12.3. The molecule has 88 valence electrons. The van der Waals surface area contributed by atoms with Gasteiger partial charge in [-0.15, -0.1) is 0 Å². The topological polar surface area (TPSA) is 40.5 Å². The van der Waals surface area contributed by atoms with Crippen LogP contribution in [-0.2, 0) is 11.3 Å². The monoisotopic (exact) mass is 241 g/mol. The van der Waals surface area contributed by atoms with E-state index in [-0.39, 0.29) is 5.91 Å². The Hall–Kier alpha value is -1.06. The lowest BCUT2D eigenvalue weighted by atomic mass is 10.1. The lowest BCUT2D eigenvalue weighted by Gasteiger charge is -2.24. The fourth-order valence-electron chi connectivity index (χ4n) is 1.40. The lowest BCUT2D eigenvalue weighted by molar-refractivity contribution is -0.146. The van der Waals surface area contributed by atoms with Crippen LogP contribution in [0.25, 0.3) is 0 Å². The molecule has 0 aromatic heterocycles. The van der Waals surface area contributed by atoms with Crippen molar-refractivity contribution >= 4 is 17.5 Å². The molecule has 1 N–H and O–H groups in total. The molecule has 1 aromatic carbocycles. The number of rotatable bonds is 3. The van der Waals surface area contributed by atoms with Gasteiger partial charge in [-0.1, -0.05) is 23.7 Å². The minimum atomic E-state index is -1.33. The van der Waals surface area contributed by atoms with Gasteiger partial charge in [-0.25, -0.2) is 0 Å². The summed E-state index contributed by atoms with van der Waals surface area (Å²) in [7, 11) is 1.66. The summed E-state index contributed by atoms with van der Waals surface area (Å²) < 4.78 is 0. The van der Waals surface area contributed by atoms with Crippen LogP contribution < -0.4 is 0 Å². The Bertz CT molecular complexity index is 368. The van der Waals surface area contributed by atoms with Crippen LogP contribution in [0.1, 0.15) is 19.4 Å². The van der Waals surface area contributed by atoms with Crippen LogP contribution in [-0.4, -0.2) is 28.6 Å². The second-order valence-electron chi connectivity index (χ2n) is 4.35. The highest BCUT2D eigenvalue weighted by Crippen LogP contribution is 2.13. The Balaban J connectivity index is 2.68. The number of carbonyl (C=O) groups excluding carboxylic acids is 1. The number of hydrogen-bond acceptors (Lipinski definition) is 2. The van der Waals surface area contributed by atoms with E-state index >= 15 is 0 Å². The van der Waals surface area contributed by atoms with E-state index in [1.165, 1.54) is 18.7 Å². The third kappa shape index (κ3) is 3.51. The summed E-state index contributed by atoms with van der Waals surface area (Å²) in [5, 5.41) is 10.2. The summed E-state index contributed by atoms with van der Waals surface area (Å²) in [6.07, 6.45) is 0. The highest BCUT2D eigenvalue weighted by atomic mass is 35.5. The number of nitrogens with zero attached hydrogens (tertiary/aromatic N) is 1. The lowest BCUT2D eigenvalue weighted by Crippen LogP contribution is -2.42. The summed E-state index contributed by atoms with van der Waals surface area (Å²) in [5.41, 5.74) is -0.356. The van der Waals surface area contributed by atoms with E-state index in [2.05, 4.69) is 0 Å². The fourth-order valence-corrected chi connectivity index (χ4v) is 1.53. The molecular formula is C12H16ClNO2. The number of likely N-dealkylation sites (N-methyl/N-ethyl adjacent to an activating group) is 1. The first-order valence-corrected chi connectivity index (χ1v) is 5.41. The first kappa shape index (κ1) is 13.0. The van der Waals surface area contributed by atoms with E-state index < -0.39 is 5.60 Å². The van der Waals surface area contributed by atoms with Gasteiger partial charge >= 0.3 is 0 Å². The minimum absolute atomic E-state index is 0.303. The van der Waals surface area contributed by atoms with E-state index in [0.29, 0.717) is 11.6 Å². The maximum atomic E-state index is 11.7. The molecule has 1 amide bonds. The smallest absolute Gasteiger partial charge is 0.253 e. The minimum Gasteiger partial charge on any atom is -0.381 e. The van der Waals surface area contributed by atoms with Crippen LogP contribution in [0.4, 0.5) is 0 Å². The molecule has 0 spiro atoms. The third-order valence-corrected chi connectivity index (χ3v) is 2.46. The van der Waals surface area contributed by atoms with Crippen molar-refractivity contribution in [3.63, 3.8) is 0 Å². The van der Waals surface area contributed by atoms with Gasteiger partial charge < -0.3 is 10.0 Å². The number of amides is 1. The Morgan fingerprint density at radius 2 is 1.88 bits per heavy atom. The van der Waals surface area contributed by atoms with Crippen molar-refractivity contribution in [1.29, 1.82) is 0 Å². The van der Waals surface area contributed by atoms with Crippen molar-refractivity contribution in [3.05, 3.63) is 34.9 Å². The molecule has 16 heavy (non-hydrogen) atoms. The highest BCUT2D eigenvalue weighted by molar-refractivity contribution is 6.30. The fraction of sp³-hybridized carbons (Fsp3) is 0.417. The predicted molar refractivity (Wildman–Crippen MR) is 64.2 cm³/mol. The Labute approximate surface area is 101 Å². The third-order valence-electron chi connectivity index (χ3n) is 2.20. The van der Waals surface area contributed by atoms with Crippen molar-refractivity contribution in [3.8, 4) is 0 Å². The number of carbonyl (C=O) groups is 1. The second-order valence-corrected chi connectivity index (χ2v) is 4.78. The van der Waals surface area contributed by atoms with E-state index in [1.54, 1.807) is 19.2 Å². The molecule has 0 unspecified atom stereocenters. The van der Waals surface area contributed by atoms with Gasteiger partial charge in [-0.3, -0.25) is 4.79 Å². The van der Waals surface area contributed by atoms with Gasteiger partial charge in [0.1, 0.15) is 5.60 Å². The summed E-state index contributed by atoms with van der Waals surface area (Å²) in [5.74, 6) is -0.303. The second kappa shape index (κ2) is 4.85. The van der Waals surface area contributed by atoms with Crippen molar-refractivity contribution < 1.29 is 9.90 Å². The van der Waals surface area contributed by atoms with Crippen LogP contribution >= 0.6 is 11.6 Å². The molecule has 4 heteroatoms. The molecule has 3 nitrogen and oxygen atoms in total. The molecule has 0 aliphatic carbocycles. The summed E-state index contributed by atoms with van der Waals surface area (Å²) in [4.78, 5) is 13.2. The zero-order valence-electron chi connectivity index (χ0n) is 9.70. The van der Waals surface area contributed by atoms with Gasteiger partial charge in [0, 0.05) is 18.6 Å². The van der Waals surface area contributed by atoms with Crippen molar-refractivity contribution in [1.82, 2.24) is 4.90 Å². The zero-order valence-corrected chi connectivity index (χ0v) is 10.5. The Morgan fingerprint density at radius 1 is 1.38 bits per heavy atom.